The van der Waals surface area contributed by atoms with E-state index in [-0.39, 0.29) is 0 Å². The van der Waals surface area contributed by atoms with Gasteiger partial charge in [0.05, 0.1) is 17.1 Å². The van der Waals surface area contributed by atoms with Crippen molar-refractivity contribution in [3.63, 3.8) is 0 Å². The van der Waals surface area contributed by atoms with Crippen molar-refractivity contribution in [2.75, 3.05) is 0 Å². The Morgan fingerprint density at radius 3 is 0.812 bits per heavy atom. The van der Waals surface area contributed by atoms with E-state index in [1.54, 1.807) is 0 Å². The average molecular weight is 625 g/mol. The van der Waals surface area contributed by atoms with Gasteiger partial charge in [0.2, 0.25) is 0 Å². The molecular weight excluding hydrogens is 589 g/mol. The number of hydrogen-bond donors (Lipinski definition) is 0. The van der Waals surface area contributed by atoms with Crippen molar-refractivity contribution in [2.45, 2.75) is 41.5 Å². The second kappa shape index (κ2) is 12.7. The van der Waals surface area contributed by atoms with Crippen LogP contribution in [0.3, 0.4) is 0 Å². The lowest BCUT2D eigenvalue weighted by Crippen LogP contribution is -2.04. The van der Waals surface area contributed by atoms with E-state index < -0.39 is 0 Å². The Morgan fingerprint density at radius 1 is 0.312 bits per heavy atom. The molecule has 7 rings (SSSR count). The molecule has 0 fully saturated rings. The Kier molecular flexibility index (Phi) is 8.15. The minimum atomic E-state index is 0.639. The fraction of sp³-hybridized carbons (Fsp3) is 0.143. The minimum absolute atomic E-state index is 0.639. The summed E-state index contributed by atoms with van der Waals surface area (Å²) in [6.45, 7) is 12.7. The van der Waals surface area contributed by atoms with Crippen molar-refractivity contribution in [1.29, 1.82) is 0 Å². The predicted octanol–water partition coefficient (Wildman–Crippen LogP) is 9.91. The van der Waals surface area contributed by atoms with E-state index in [1.165, 1.54) is 0 Å². The van der Waals surface area contributed by atoms with Gasteiger partial charge in [-0.2, -0.15) is 0 Å². The first-order chi connectivity index (χ1) is 23.3. The molecule has 0 radical (unpaired) electrons. The highest BCUT2D eigenvalue weighted by molar-refractivity contribution is 5.78. The molecule has 0 aliphatic heterocycles. The molecule has 6 nitrogen and oxygen atoms in total. The number of aryl methyl sites for hydroxylation is 6. The zero-order valence-electron chi connectivity index (χ0n) is 28.1. The van der Waals surface area contributed by atoms with Crippen LogP contribution >= 0.6 is 0 Å². The van der Waals surface area contributed by atoms with E-state index in [0.29, 0.717) is 17.5 Å². The summed E-state index contributed by atoms with van der Waals surface area (Å²) in [6.07, 6.45) is 5.49. The Morgan fingerprint density at radius 2 is 0.562 bits per heavy atom. The number of nitrogens with zero attached hydrogens (tertiary/aromatic N) is 6. The lowest BCUT2D eigenvalue weighted by Gasteiger charge is -2.16. The van der Waals surface area contributed by atoms with Gasteiger partial charge in [0.15, 0.2) is 17.5 Å². The number of aromatic nitrogens is 6. The third-order valence-corrected chi connectivity index (χ3v) is 8.89. The average Bonchev–Trinajstić information content (AvgIpc) is 3.11. The van der Waals surface area contributed by atoms with Gasteiger partial charge in [-0.1, -0.05) is 18.2 Å². The highest BCUT2D eigenvalue weighted by Gasteiger charge is 2.20. The first-order valence-electron chi connectivity index (χ1n) is 16.1. The van der Waals surface area contributed by atoms with Gasteiger partial charge in [-0.05, 0) is 148 Å². The molecule has 0 atom stereocenters. The van der Waals surface area contributed by atoms with E-state index >= 15 is 0 Å². The molecule has 7 aromatic rings. The summed E-state index contributed by atoms with van der Waals surface area (Å²) in [4.78, 5) is 29.3. The van der Waals surface area contributed by atoms with Gasteiger partial charge in [0.25, 0.3) is 0 Å². The van der Waals surface area contributed by atoms with Gasteiger partial charge in [0.1, 0.15) is 0 Å². The molecule has 0 unspecified atom stereocenters. The molecule has 0 saturated heterocycles. The molecule has 0 aliphatic carbocycles. The maximum atomic E-state index is 5.16. The molecule has 0 aliphatic rings. The molecular formula is C42H36N6. The molecule has 0 saturated carbocycles. The van der Waals surface area contributed by atoms with E-state index in [1.807, 2.05) is 73.2 Å². The zero-order valence-corrected chi connectivity index (χ0v) is 28.1. The Hall–Kier alpha value is -5.88. The monoisotopic (exact) mass is 624 g/mol. The molecule has 0 bridgehead atoms. The Balaban J connectivity index is 1.42. The number of hydrogen-bond acceptors (Lipinski definition) is 6. The summed E-state index contributed by atoms with van der Waals surface area (Å²) in [5.74, 6) is 1.92. The van der Waals surface area contributed by atoms with Crippen molar-refractivity contribution >= 4 is 0 Å². The third-order valence-electron chi connectivity index (χ3n) is 8.89. The quantitative estimate of drug-likeness (QED) is 0.183. The summed E-state index contributed by atoms with van der Waals surface area (Å²) in [5.41, 5.74) is 15.6. The van der Waals surface area contributed by atoms with Crippen molar-refractivity contribution in [3.8, 4) is 67.9 Å². The topological polar surface area (TPSA) is 77.3 Å². The fourth-order valence-electron chi connectivity index (χ4n) is 6.30. The van der Waals surface area contributed by atoms with Gasteiger partial charge in [-0.25, -0.2) is 15.0 Å². The summed E-state index contributed by atoms with van der Waals surface area (Å²) in [7, 11) is 0. The summed E-state index contributed by atoms with van der Waals surface area (Å²) < 4.78 is 0. The highest BCUT2D eigenvalue weighted by Crippen LogP contribution is 2.36. The second-order valence-corrected chi connectivity index (χ2v) is 12.4. The summed E-state index contributed by atoms with van der Waals surface area (Å²) in [5, 5.41) is 0. The summed E-state index contributed by atoms with van der Waals surface area (Å²) in [6, 6.07) is 31.1. The normalized spacial score (nSPS) is 11.1. The Labute approximate surface area is 281 Å². The molecule has 0 N–H and O–H groups in total. The van der Waals surface area contributed by atoms with Crippen LogP contribution < -0.4 is 0 Å². The van der Waals surface area contributed by atoms with Gasteiger partial charge < -0.3 is 0 Å². The molecule has 6 heteroatoms. The van der Waals surface area contributed by atoms with Crippen molar-refractivity contribution in [1.82, 2.24) is 29.9 Å². The van der Waals surface area contributed by atoms with Crippen LogP contribution in [0.4, 0.5) is 0 Å². The minimum Gasteiger partial charge on any atom is -0.256 e. The number of benzene rings is 3. The van der Waals surface area contributed by atoms with E-state index in [2.05, 4.69) is 92.9 Å². The molecule has 234 valence electrons. The molecule has 0 amide bonds. The first-order valence-corrected chi connectivity index (χ1v) is 16.1. The molecule has 4 aromatic heterocycles. The standard InChI is InChI=1S/C42H36N6/c1-25-22-34(28(4)19-31(25)37-13-7-10-16-43-37)40-46-41(35-23-26(2)32(20-29(35)5)38-14-8-11-17-44-38)48-42(47-40)36-24-27(3)33(21-30(36)6)39-15-9-12-18-45-39/h7-24H,1-6H3. The van der Waals surface area contributed by atoms with Crippen LogP contribution in [0.1, 0.15) is 33.4 Å². The SMILES string of the molecule is Cc1cc(-c2nc(-c3cc(C)c(-c4ccccn4)cc3C)nc(-c3cc(C)c(-c4ccccn4)cc3C)n2)c(C)cc1-c1ccccn1. The molecule has 4 heterocycles. The van der Waals surface area contributed by atoms with Crippen molar-refractivity contribution in [3.05, 3.63) is 143 Å². The van der Waals surface area contributed by atoms with Crippen LogP contribution in [0.2, 0.25) is 0 Å². The molecule has 48 heavy (non-hydrogen) atoms. The largest absolute Gasteiger partial charge is 0.256 e. The van der Waals surface area contributed by atoms with Gasteiger partial charge >= 0.3 is 0 Å². The van der Waals surface area contributed by atoms with Crippen molar-refractivity contribution < 1.29 is 0 Å². The first kappa shape index (κ1) is 30.8. The van der Waals surface area contributed by atoms with Gasteiger partial charge in [-0.3, -0.25) is 15.0 Å². The zero-order chi connectivity index (χ0) is 33.4. The van der Waals surface area contributed by atoms with Gasteiger partial charge in [-0.15, -0.1) is 0 Å². The second-order valence-electron chi connectivity index (χ2n) is 12.4. The third kappa shape index (κ3) is 5.89. The fourth-order valence-corrected chi connectivity index (χ4v) is 6.30. The molecule has 0 spiro atoms. The van der Waals surface area contributed by atoms with Crippen LogP contribution in [0, 0.1) is 41.5 Å². The molecule has 3 aromatic carbocycles. The van der Waals surface area contributed by atoms with Crippen LogP contribution in [0.25, 0.3) is 67.9 Å². The lowest BCUT2D eigenvalue weighted by molar-refractivity contribution is 1.06. The maximum Gasteiger partial charge on any atom is 0.164 e. The summed E-state index contributed by atoms with van der Waals surface area (Å²) >= 11 is 0. The smallest absolute Gasteiger partial charge is 0.164 e. The Bertz CT molecular complexity index is 2010. The van der Waals surface area contributed by atoms with Crippen LogP contribution in [-0.4, -0.2) is 29.9 Å². The maximum absolute atomic E-state index is 5.16. The lowest BCUT2D eigenvalue weighted by atomic mass is 9.95. The number of rotatable bonds is 6. The van der Waals surface area contributed by atoms with E-state index in [4.69, 9.17) is 15.0 Å². The predicted molar refractivity (Wildman–Crippen MR) is 194 cm³/mol. The van der Waals surface area contributed by atoms with Crippen LogP contribution in [-0.2, 0) is 0 Å². The van der Waals surface area contributed by atoms with Crippen LogP contribution in [0.15, 0.2) is 110 Å². The van der Waals surface area contributed by atoms with Crippen molar-refractivity contribution in [2.24, 2.45) is 0 Å². The van der Waals surface area contributed by atoms with Crippen LogP contribution in [0.5, 0.6) is 0 Å². The van der Waals surface area contributed by atoms with E-state index in [9.17, 15) is 0 Å². The number of pyridine rings is 3. The van der Waals surface area contributed by atoms with E-state index in [0.717, 1.165) is 83.8 Å². The van der Waals surface area contributed by atoms with Gasteiger partial charge in [0, 0.05) is 52.0 Å². The highest BCUT2D eigenvalue weighted by atomic mass is 15.0.